The summed E-state index contributed by atoms with van der Waals surface area (Å²) in [4.78, 5) is 14.9. The molecule has 0 N–H and O–H groups in total. The second-order valence-electron chi connectivity index (χ2n) is 6.04. The first-order valence-corrected chi connectivity index (χ1v) is 10.3. The van der Waals surface area contributed by atoms with Crippen molar-refractivity contribution in [3.63, 3.8) is 0 Å². The van der Waals surface area contributed by atoms with Gasteiger partial charge in [-0.25, -0.2) is 13.4 Å². The fourth-order valence-corrected chi connectivity index (χ4v) is 6.02. The van der Waals surface area contributed by atoms with Crippen LogP contribution >= 0.6 is 11.3 Å². The van der Waals surface area contributed by atoms with Crippen LogP contribution in [0.2, 0.25) is 0 Å². The number of non-ortho nitro benzene ring substituents is 1. The standard InChI is InChI=1S/C17H15N3O4S2/c21-20(22)12-7-9-13(10-8-12)26(23,24)19-11-3-5-15(19)17-18-14-4-1-2-6-16(14)25-17/h1-2,4,6-10,15H,3,5,11H2/t15-/m1/s1. The van der Waals surface area contributed by atoms with Gasteiger partial charge in [0.2, 0.25) is 10.0 Å². The van der Waals surface area contributed by atoms with Crippen LogP contribution in [0.3, 0.4) is 0 Å². The molecule has 0 saturated carbocycles. The second-order valence-corrected chi connectivity index (χ2v) is 9.00. The number of aromatic nitrogens is 1. The first-order chi connectivity index (χ1) is 12.5. The zero-order valence-corrected chi connectivity index (χ0v) is 15.2. The van der Waals surface area contributed by atoms with Gasteiger partial charge < -0.3 is 0 Å². The Labute approximate surface area is 154 Å². The van der Waals surface area contributed by atoms with Crippen LogP contribution in [0.25, 0.3) is 10.2 Å². The van der Waals surface area contributed by atoms with E-state index in [1.807, 2.05) is 24.3 Å². The summed E-state index contributed by atoms with van der Waals surface area (Å²) in [6.07, 6.45) is 1.47. The molecule has 2 aromatic carbocycles. The number of hydrogen-bond donors (Lipinski definition) is 0. The maximum absolute atomic E-state index is 13.0. The van der Waals surface area contributed by atoms with Crippen LogP contribution in [-0.2, 0) is 10.0 Å². The van der Waals surface area contributed by atoms with Gasteiger partial charge in [0, 0.05) is 18.7 Å². The van der Waals surface area contributed by atoms with Crippen LogP contribution in [0, 0.1) is 10.1 Å². The molecule has 134 valence electrons. The maximum atomic E-state index is 13.0. The van der Waals surface area contributed by atoms with E-state index in [0.29, 0.717) is 13.0 Å². The van der Waals surface area contributed by atoms with Crippen molar-refractivity contribution in [1.29, 1.82) is 0 Å². The van der Waals surface area contributed by atoms with Crippen LogP contribution in [0.15, 0.2) is 53.4 Å². The highest BCUT2D eigenvalue weighted by molar-refractivity contribution is 7.89. The van der Waals surface area contributed by atoms with Gasteiger partial charge in [-0.05, 0) is 37.1 Å². The Bertz CT molecular complexity index is 1040. The number of fused-ring (bicyclic) bond motifs is 1. The number of nitro groups is 1. The first kappa shape index (κ1) is 17.1. The normalized spacial score (nSPS) is 18.4. The molecule has 1 fully saturated rings. The highest BCUT2D eigenvalue weighted by atomic mass is 32.2. The minimum Gasteiger partial charge on any atom is -0.258 e. The quantitative estimate of drug-likeness (QED) is 0.501. The molecule has 2 heterocycles. The predicted molar refractivity (Wildman–Crippen MR) is 98.6 cm³/mol. The summed E-state index contributed by atoms with van der Waals surface area (Å²) >= 11 is 1.51. The van der Waals surface area contributed by atoms with E-state index in [0.717, 1.165) is 21.6 Å². The lowest BCUT2D eigenvalue weighted by Crippen LogP contribution is -2.30. The van der Waals surface area contributed by atoms with Crippen molar-refractivity contribution in [2.75, 3.05) is 6.54 Å². The SMILES string of the molecule is O=[N+]([O-])c1ccc(S(=O)(=O)N2CCC[C@@H]2c2nc3ccccc3s2)cc1. The van der Waals surface area contributed by atoms with Crippen molar-refractivity contribution < 1.29 is 13.3 Å². The van der Waals surface area contributed by atoms with Crippen molar-refractivity contribution in [3.05, 3.63) is 63.7 Å². The molecule has 0 aliphatic carbocycles. The minimum atomic E-state index is -3.74. The average molecular weight is 389 g/mol. The Morgan fingerprint density at radius 2 is 1.88 bits per heavy atom. The summed E-state index contributed by atoms with van der Waals surface area (Å²) in [5, 5.41) is 11.6. The molecule has 0 unspecified atom stereocenters. The molecule has 0 amide bonds. The lowest BCUT2D eigenvalue weighted by molar-refractivity contribution is -0.384. The molecule has 1 aliphatic rings. The third-order valence-corrected chi connectivity index (χ3v) is 7.51. The fourth-order valence-electron chi connectivity index (χ4n) is 3.18. The Kier molecular flexibility index (Phi) is 4.22. The molecule has 26 heavy (non-hydrogen) atoms. The fraction of sp³-hybridized carbons (Fsp3) is 0.235. The lowest BCUT2D eigenvalue weighted by atomic mass is 10.2. The smallest absolute Gasteiger partial charge is 0.258 e. The molecule has 4 rings (SSSR count). The number of para-hydroxylation sites is 1. The zero-order chi connectivity index (χ0) is 18.3. The summed E-state index contributed by atoms with van der Waals surface area (Å²) in [7, 11) is -3.74. The van der Waals surface area contributed by atoms with E-state index in [9.17, 15) is 18.5 Å². The number of benzene rings is 2. The molecule has 7 nitrogen and oxygen atoms in total. The highest BCUT2D eigenvalue weighted by Crippen LogP contribution is 2.39. The van der Waals surface area contributed by atoms with Gasteiger partial charge in [0.25, 0.3) is 5.69 Å². The Balaban J connectivity index is 1.69. The summed E-state index contributed by atoms with van der Waals surface area (Å²) in [5.74, 6) is 0. The van der Waals surface area contributed by atoms with E-state index in [4.69, 9.17) is 0 Å². The van der Waals surface area contributed by atoms with Crippen LogP contribution in [0.4, 0.5) is 5.69 Å². The van der Waals surface area contributed by atoms with Gasteiger partial charge >= 0.3 is 0 Å². The van der Waals surface area contributed by atoms with Crippen LogP contribution < -0.4 is 0 Å². The van der Waals surface area contributed by atoms with Gasteiger partial charge in [-0.3, -0.25) is 10.1 Å². The summed E-state index contributed by atoms with van der Waals surface area (Å²) in [6, 6.07) is 12.5. The molecular weight excluding hydrogens is 374 g/mol. The molecule has 1 aliphatic heterocycles. The Hall–Kier alpha value is -2.36. The molecular formula is C17H15N3O4S2. The van der Waals surface area contributed by atoms with Gasteiger partial charge in [-0.2, -0.15) is 4.31 Å². The lowest BCUT2D eigenvalue weighted by Gasteiger charge is -2.22. The van der Waals surface area contributed by atoms with Crippen molar-refractivity contribution >= 4 is 37.3 Å². The van der Waals surface area contributed by atoms with Crippen molar-refractivity contribution in [2.45, 2.75) is 23.8 Å². The van der Waals surface area contributed by atoms with Gasteiger partial charge in [0.15, 0.2) is 0 Å². The Morgan fingerprint density at radius 3 is 2.58 bits per heavy atom. The second kappa shape index (κ2) is 6.42. The number of nitrogens with zero attached hydrogens (tertiary/aromatic N) is 3. The molecule has 1 aromatic heterocycles. The van der Waals surface area contributed by atoms with E-state index < -0.39 is 14.9 Å². The molecule has 1 atom stereocenters. The number of rotatable bonds is 4. The molecule has 0 bridgehead atoms. The Morgan fingerprint density at radius 1 is 1.15 bits per heavy atom. The average Bonchev–Trinajstić information content (AvgIpc) is 3.28. The number of sulfonamides is 1. The van der Waals surface area contributed by atoms with E-state index in [1.54, 1.807) is 0 Å². The summed E-state index contributed by atoms with van der Waals surface area (Å²) in [5.41, 5.74) is 0.736. The highest BCUT2D eigenvalue weighted by Gasteiger charge is 2.38. The number of thiazole rings is 1. The topological polar surface area (TPSA) is 93.4 Å². The number of nitro benzene ring substituents is 1. The van der Waals surface area contributed by atoms with E-state index in [-0.39, 0.29) is 16.6 Å². The van der Waals surface area contributed by atoms with Crippen molar-refractivity contribution in [3.8, 4) is 0 Å². The molecule has 9 heteroatoms. The van der Waals surface area contributed by atoms with Gasteiger partial charge in [0.1, 0.15) is 5.01 Å². The monoisotopic (exact) mass is 389 g/mol. The van der Waals surface area contributed by atoms with Gasteiger partial charge in [0.05, 0.1) is 26.1 Å². The molecule has 3 aromatic rings. The molecule has 1 saturated heterocycles. The molecule has 0 spiro atoms. The van der Waals surface area contributed by atoms with Gasteiger partial charge in [-0.15, -0.1) is 11.3 Å². The third-order valence-electron chi connectivity index (χ3n) is 4.45. The van der Waals surface area contributed by atoms with Gasteiger partial charge in [-0.1, -0.05) is 12.1 Å². The maximum Gasteiger partial charge on any atom is 0.269 e. The number of hydrogen-bond acceptors (Lipinski definition) is 6. The van der Waals surface area contributed by atoms with Crippen molar-refractivity contribution in [1.82, 2.24) is 9.29 Å². The molecule has 0 radical (unpaired) electrons. The minimum absolute atomic E-state index is 0.0658. The van der Waals surface area contributed by atoms with E-state index >= 15 is 0 Å². The zero-order valence-electron chi connectivity index (χ0n) is 13.6. The van der Waals surface area contributed by atoms with E-state index in [2.05, 4.69) is 4.98 Å². The van der Waals surface area contributed by atoms with Crippen LogP contribution in [-0.4, -0.2) is 29.2 Å². The summed E-state index contributed by atoms with van der Waals surface area (Å²) in [6.45, 7) is 0.417. The first-order valence-electron chi connectivity index (χ1n) is 8.08. The van der Waals surface area contributed by atoms with Crippen LogP contribution in [0.5, 0.6) is 0 Å². The van der Waals surface area contributed by atoms with E-state index in [1.165, 1.54) is 39.9 Å². The van der Waals surface area contributed by atoms with Crippen LogP contribution in [0.1, 0.15) is 23.9 Å². The van der Waals surface area contributed by atoms with Crippen molar-refractivity contribution in [2.24, 2.45) is 0 Å². The predicted octanol–water partition coefficient (Wildman–Crippen LogP) is 3.73. The third kappa shape index (κ3) is 2.87. The summed E-state index contributed by atoms with van der Waals surface area (Å²) < 4.78 is 28.6. The largest absolute Gasteiger partial charge is 0.269 e.